The van der Waals surface area contributed by atoms with Crippen molar-refractivity contribution >= 4 is 29.8 Å². The molecule has 0 aromatic heterocycles. The number of carbonyl (C=O) groups excluding carboxylic acids is 3. The summed E-state index contributed by atoms with van der Waals surface area (Å²) in [6.45, 7) is 2.57. The monoisotopic (exact) mass is 477 g/mol. The number of carbonyl (C=O) groups is 5. The van der Waals surface area contributed by atoms with Gasteiger partial charge in [-0.15, -0.1) is 0 Å². The van der Waals surface area contributed by atoms with Crippen molar-refractivity contribution in [2.24, 2.45) is 5.73 Å². The van der Waals surface area contributed by atoms with Crippen LogP contribution in [0.15, 0.2) is 12.2 Å². The van der Waals surface area contributed by atoms with Gasteiger partial charge in [-0.2, -0.15) is 0 Å². The molecule has 0 saturated carbocycles. The van der Waals surface area contributed by atoms with Gasteiger partial charge in [0.05, 0.1) is 46.1 Å². The summed E-state index contributed by atoms with van der Waals surface area (Å²) in [5.41, 5.74) is 5.09. The van der Waals surface area contributed by atoms with Gasteiger partial charge in [-0.1, -0.05) is 0 Å². The van der Waals surface area contributed by atoms with Crippen LogP contribution in [0.2, 0.25) is 0 Å². The number of amides is 3. The van der Waals surface area contributed by atoms with Crippen molar-refractivity contribution in [1.29, 1.82) is 0 Å². The molecule has 0 aromatic carbocycles. The highest BCUT2D eigenvalue weighted by Gasteiger charge is 2.23. The van der Waals surface area contributed by atoms with Crippen LogP contribution in [0.3, 0.4) is 0 Å². The maximum absolute atomic E-state index is 11.5. The Bertz CT molecular complexity index is 637. The highest BCUT2D eigenvalue weighted by molar-refractivity contribution is 6.13. The molecule has 0 aromatic rings. The van der Waals surface area contributed by atoms with E-state index >= 15 is 0 Å². The van der Waals surface area contributed by atoms with Gasteiger partial charge in [0.2, 0.25) is 5.91 Å². The molecule has 0 aliphatic carbocycles. The molecular weight excluding hydrogens is 446 g/mol. The molecule has 0 fully saturated rings. The van der Waals surface area contributed by atoms with Gasteiger partial charge in [0, 0.05) is 38.2 Å². The first kappa shape index (κ1) is 29.9. The van der Waals surface area contributed by atoms with Crippen LogP contribution in [0.25, 0.3) is 0 Å². The van der Waals surface area contributed by atoms with Crippen LogP contribution in [-0.4, -0.2) is 111 Å². The van der Waals surface area contributed by atoms with Gasteiger partial charge < -0.3 is 40.2 Å². The molecule has 14 nitrogen and oxygen atoms in total. The maximum atomic E-state index is 11.5. The number of nitrogens with one attached hydrogen (secondary N) is 1. The third-order valence-electron chi connectivity index (χ3n) is 3.58. The predicted molar refractivity (Wildman–Crippen MR) is 111 cm³/mol. The number of hydrogen-bond donors (Lipinski definition) is 4. The first-order valence-electron chi connectivity index (χ1n) is 10.1. The van der Waals surface area contributed by atoms with Crippen molar-refractivity contribution in [3.63, 3.8) is 0 Å². The molecule has 5 N–H and O–H groups in total. The van der Waals surface area contributed by atoms with E-state index in [1.165, 1.54) is 12.2 Å². The summed E-state index contributed by atoms with van der Waals surface area (Å²) in [6.07, 6.45) is 1.06. The van der Waals surface area contributed by atoms with Crippen LogP contribution in [0, 0.1) is 0 Å². The van der Waals surface area contributed by atoms with Crippen LogP contribution in [0.1, 0.15) is 12.8 Å². The lowest BCUT2D eigenvalue weighted by Gasteiger charge is -2.13. The summed E-state index contributed by atoms with van der Waals surface area (Å²) >= 11 is 0. The molecule has 0 spiro atoms. The van der Waals surface area contributed by atoms with Gasteiger partial charge in [0.1, 0.15) is 6.61 Å². The van der Waals surface area contributed by atoms with Crippen molar-refractivity contribution in [3.05, 3.63) is 12.2 Å². The fourth-order valence-electron chi connectivity index (χ4n) is 2.07. The van der Waals surface area contributed by atoms with E-state index in [2.05, 4.69) is 10.1 Å². The Morgan fingerprint density at radius 1 is 0.848 bits per heavy atom. The summed E-state index contributed by atoms with van der Waals surface area (Å²) < 4.78 is 19.2. The van der Waals surface area contributed by atoms with Gasteiger partial charge in [-0.3, -0.25) is 24.1 Å². The Balaban J connectivity index is 0.000000861. The molecule has 0 bridgehead atoms. The van der Waals surface area contributed by atoms with E-state index in [1.54, 1.807) is 0 Å². The Hall–Kier alpha value is -3.07. The van der Waals surface area contributed by atoms with E-state index in [0.29, 0.717) is 26.3 Å². The van der Waals surface area contributed by atoms with Crippen LogP contribution in [-0.2, 0) is 38.1 Å². The minimum Gasteiger partial charge on any atom is -0.481 e. The fraction of sp³-hybridized carbons (Fsp3) is 0.632. The smallest absolute Gasteiger partial charge is 0.481 e. The quantitative estimate of drug-likeness (QED) is 0.108. The van der Waals surface area contributed by atoms with Crippen molar-refractivity contribution < 1.29 is 53.1 Å². The number of aliphatic carboxylic acids is 1. The molecule has 14 heteroatoms. The molecule has 0 radical (unpaired) electrons. The normalized spacial score (nSPS) is 12.3. The average molecular weight is 477 g/mol. The van der Waals surface area contributed by atoms with Gasteiger partial charge in [-0.05, 0) is 0 Å². The van der Waals surface area contributed by atoms with Crippen molar-refractivity contribution in [2.75, 3.05) is 65.9 Å². The first-order chi connectivity index (χ1) is 15.8. The highest BCUT2D eigenvalue weighted by atomic mass is 16.7. The van der Waals surface area contributed by atoms with Crippen molar-refractivity contribution in [2.45, 2.75) is 12.8 Å². The lowest BCUT2D eigenvalue weighted by molar-refractivity contribution is -0.139. The van der Waals surface area contributed by atoms with Crippen LogP contribution >= 0.6 is 0 Å². The predicted octanol–water partition coefficient (Wildman–Crippen LogP) is -1.42. The Kier molecular flexibility index (Phi) is 17.8. The number of carboxylic acid groups (broad SMARTS) is 2. The minimum atomic E-state index is -1.28. The standard InChI is InChI=1S/C14H20N2O7.C5H11NO4/c17-11(3-6-16-12(18)1-2-13(16)19)15-5-8-23-10-9-22-7-4-14(20)21;6-1-2-9-3-4-10-5(7)8/h1-2H,3-10H2,(H,15,17)(H,20,21);1-4,6H2,(H,7,8). The number of hydrogen-bond acceptors (Lipinski definition) is 10. The van der Waals surface area contributed by atoms with E-state index in [4.69, 9.17) is 30.2 Å². The summed E-state index contributed by atoms with van der Waals surface area (Å²) in [4.78, 5) is 55.0. The molecular formula is C19H31N3O11. The second-order valence-electron chi connectivity index (χ2n) is 6.15. The highest BCUT2D eigenvalue weighted by Crippen LogP contribution is 2.03. The Morgan fingerprint density at radius 2 is 1.42 bits per heavy atom. The molecule has 1 aliphatic rings. The summed E-state index contributed by atoms with van der Waals surface area (Å²) in [7, 11) is 0. The number of carboxylic acids is 1. The zero-order valence-electron chi connectivity index (χ0n) is 18.2. The molecule has 3 amide bonds. The summed E-state index contributed by atoms with van der Waals surface area (Å²) in [5.74, 6) is -2.01. The number of nitrogens with zero attached hydrogens (tertiary/aromatic N) is 1. The third kappa shape index (κ3) is 18.2. The van der Waals surface area contributed by atoms with E-state index in [9.17, 15) is 24.0 Å². The van der Waals surface area contributed by atoms with Gasteiger partial charge in [0.25, 0.3) is 11.8 Å². The molecule has 1 heterocycles. The van der Waals surface area contributed by atoms with E-state index in [0.717, 1.165) is 4.90 Å². The zero-order valence-corrected chi connectivity index (χ0v) is 18.2. The Morgan fingerprint density at radius 3 is 2.00 bits per heavy atom. The third-order valence-corrected chi connectivity index (χ3v) is 3.58. The summed E-state index contributed by atoms with van der Waals surface area (Å²) in [5, 5.41) is 19.0. The lowest BCUT2D eigenvalue weighted by atomic mass is 10.3. The molecule has 33 heavy (non-hydrogen) atoms. The van der Waals surface area contributed by atoms with E-state index in [1.807, 2.05) is 0 Å². The lowest BCUT2D eigenvalue weighted by Crippen LogP contribution is -2.35. The van der Waals surface area contributed by atoms with Gasteiger partial charge in [-0.25, -0.2) is 4.79 Å². The van der Waals surface area contributed by atoms with Crippen molar-refractivity contribution in [3.8, 4) is 0 Å². The van der Waals surface area contributed by atoms with Gasteiger partial charge >= 0.3 is 12.1 Å². The average Bonchev–Trinajstić information content (AvgIpc) is 3.08. The summed E-state index contributed by atoms with van der Waals surface area (Å²) in [6, 6.07) is 0. The first-order valence-corrected chi connectivity index (χ1v) is 10.1. The maximum Gasteiger partial charge on any atom is 0.505 e. The minimum absolute atomic E-state index is 0.0391. The molecule has 0 unspecified atom stereocenters. The second-order valence-corrected chi connectivity index (χ2v) is 6.15. The van der Waals surface area contributed by atoms with Crippen LogP contribution in [0.5, 0.6) is 0 Å². The molecule has 188 valence electrons. The van der Waals surface area contributed by atoms with E-state index < -0.39 is 23.9 Å². The molecule has 0 atom stereocenters. The largest absolute Gasteiger partial charge is 0.505 e. The van der Waals surface area contributed by atoms with E-state index in [-0.39, 0.29) is 58.3 Å². The molecule has 1 aliphatic heterocycles. The van der Waals surface area contributed by atoms with Crippen LogP contribution in [0.4, 0.5) is 4.79 Å². The zero-order chi connectivity index (χ0) is 24.9. The fourth-order valence-corrected chi connectivity index (χ4v) is 2.07. The second kappa shape index (κ2) is 19.6. The van der Waals surface area contributed by atoms with Gasteiger partial charge in [0.15, 0.2) is 0 Å². The topological polar surface area (TPSA) is 204 Å². The molecule has 1 rings (SSSR count). The number of ether oxygens (including phenoxy) is 4. The number of rotatable bonds is 17. The Labute approximate surface area is 190 Å². The number of imide groups is 1. The number of nitrogens with two attached hydrogens (primary N) is 1. The van der Waals surface area contributed by atoms with Crippen molar-refractivity contribution in [1.82, 2.24) is 10.2 Å². The SMILES string of the molecule is NCCOCCOC(=O)O.O=C(O)CCOCCOCCNC(=O)CCN1C(=O)C=CC1=O. The molecule has 0 saturated heterocycles. The van der Waals surface area contributed by atoms with Crippen LogP contribution < -0.4 is 11.1 Å².